The number of carbonyl (C=O) groups excluding carboxylic acids is 1. The zero-order valence-electron chi connectivity index (χ0n) is 18.2. The van der Waals surface area contributed by atoms with E-state index in [0.717, 1.165) is 16.8 Å². The number of amides is 1. The quantitative estimate of drug-likeness (QED) is 0.686. The molecule has 0 aliphatic rings. The van der Waals surface area contributed by atoms with Gasteiger partial charge in [0.05, 0.1) is 0 Å². The first kappa shape index (κ1) is 25.5. The van der Waals surface area contributed by atoms with Crippen molar-refractivity contribution in [2.24, 2.45) is 11.5 Å². The van der Waals surface area contributed by atoms with Gasteiger partial charge in [-0.2, -0.15) is 0 Å². The molecule has 1 unspecified atom stereocenters. The molecular formula is C22H31F2N4O2-. The molecule has 1 aromatic carbocycles. The molecule has 1 atom stereocenters. The Morgan fingerprint density at radius 2 is 1.90 bits per heavy atom. The van der Waals surface area contributed by atoms with Gasteiger partial charge in [-0.3, -0.25) is 9.78 Å². The zero-order chi connectivity index (χ0) is 22.9. The van der Waals surface area contributed by atoms with Gasteiger partial charge in [-0.1, -0.05) is 39.3 Å². The summed E-state index contributed by atoms with van der Waals surface area (Å²) in [5, 5.41) is 4.68. The standard InChI is InChI=1S/C15H23F2N2O.C7H8N2O/c1-10(19-15(2,3)4)13-6-5-12(7-11(13)8-18)20-9-14(16)17;1-5-4-6(7(8)10)2-3-9-5/h5-7,10,14H,8-9,18H2,1-4H3;2-4H,1H3,(H2,8,10)/q-1;. The topological polar surface area (TPSA) is 105 Å². The normalized spacial score (nSPS) is 12.2. The summed E-state index contributed by atoms with van der Waals surface area (Å²) >= 11 is 0. The van der Waals surface area contributed by atoms with Crippen LogP contribution >= 0.6 is 0 Å². The third-order valence-electron chi connectivity index (χ3n) is 3.92. The Morgan fingerprint density at radius 3 is 2.37 bits per heavy atom. The van der Waals surface area contributed by atoms with E-state index in [-0.39, 0.29) is 11.6 Å². The molecule has 1 aromatic heterocycles. The van der Waals surface area contributed by atoms with Crippen LogP contribution in [-0.4, -0.2) is 29.5 Å². The highest BCUT2D eigenvalue weighted by atomic mass is 19.3. The molecule has 4 N–H and O–H groups in total. The van der Waals surface area contributed by atoms with Crippen molar-refractivity contribution in [3.8, 4) is 5.75 Å². The molecule has 0 spiro atoms. The molecule has 1 heterocycles. The molecular weight excluding hydrogens is 390 g/mol. The largest absolute Gasteiger partial charge is 0.651 e. The van der Waals surface area contributed by atoms with Crippen LogP contribution in [0.5, 0.6) is 5.75 Å². The van der Waals surface area contributed by atoms with Gasteiger partial charge in [0, 0.05) is 24.0 Å². The summed E-state index contributed by atoms with van der Waals surface area (Å²) in [7, 11) is 0. The van der Waals surface area contributed by atoms with Gasteiger partial charge in [0.1, 0.15) is 12.4 Å². The van der Waals surface area contributed by atoms with Crippen LogP contribution < -0.4 is 16.2 Å². The highest BCUT2D eigenvalue weighted by molar-refractivity contribution is 5.92. The van der Waals surface area contributed by atoms with Crippen LogP contribution in [0.2, 0.25) is 0 Å². The van der Waals surface area contributed by atoms with E-state index >= 15 is 0 Å². The number of aryl methyl sites for hydroxylation is 1. The third-order valence-corrected chi connectivity index (χ3v) is 3.92. The maximum Gasteiger partial charge on any atom is 0.272 e. The van der Waals surface area contributed by atoms with Gasteiger partial charge in [0.25, 0.3) is 6.43 Å². The first-order valence-electron chi connectivity index (χ1n) is 9.61. The van der Waals surface area contributed by atoms with Crippen LogP contribution in [0.4, 0.5) is 8.78 Å². The van der Waals surface area contributed by atoms with Crippen molar-refractivity contribution in [2.75, 3.05) is 6.61 Å². The number of pyridine rings is 1. The number of aromatic nitrogens is 1. The van der Waals surface area contributed by atoms with Crippen molar-refractivity contribution in [3.63, 3.8) is 0 Å². The Labute approximate surface area is 177 Å². The van der Waals surface area contributed by atoms with E-state index in [1.54, 1.807) is 30.5 Å². The Kier molecular flexibility index (Phi) is 9.81. The van der Waals surface area contributed by atoms with Crippen molar-refractivity contribution >= 4 is 5.91 Å². The first-order valence-corrected chi connectivity index (χ1v) is 9.61. The molecule has 2 rings (SSSR count). The lowest BCUT2D eigenvalue weighted by Crippen LogP contribution is -2.16. The van der Waals surface area contributed by atoms with Gasteiger partial charge >= 0.3 is 0 Å². The maximum absolute atomic E-state index is 12.1. The predicted octanol–water partition coefficient (Wildman–Crippen LogP) is 4.51. The molecule has 2 aromatic rings. The molecule has 6 nitrogen and oxygen atoms in total. The van der Waals surface area contributed by atoms with Crippen LogP contribution in [0.15, 0.2) is 36.5 Å². The van der Waals surface area contributed by atoms with Crippen LogP contribution in [-0.2, 0) is 6.54 Å². The molecule has 0 radical (unpaired) electrons. The number of carbonyl (C=O) groups is 1. The van der Waals surface area contributed by atoms with Gasteiger partial charge < -0.3 is 21.5 Å². The summed E-state index contributed by atoms with van der Waals surface area (Å²) in [5.74, 6) is 0.00274. The number of halogens is 2. The molecule has 0 bridgehead atoms. The van der Waals surface area contributed by atoms with E-state index in [9.17, 15) is 13.6 Å². The van der Waals surface area contributed by atoms with Crippen molar-refractivity contribution in [1.82, 2.24) is 4.98 Å². The monoisotopic (exact) mass is 421 g/mol. The highest BCUT2D eigenvalue weighted by Crippen LogP contribution is 2.33. The van der Waals surface area contributed by atoms with E-state index in [1.165, 1.54) is 0 Å². The fourth-order valence-electron chi connectivity index (χ4n) is 2.76. The summed E-state index contributed by atoms with van der Waals surface area (Å²) in [4.78, 5) is 14.5. The minimum absolute atomic E-state index is 0.00213. The molecule has 1 amide bonds. The molecule has 0 saturated carbocycles. The first-order chi connectivity index (χ1) is 13.9. The molecule has 0 aliphatic carbocycles. The molecule has 0 fully saturated rings. The second-order valence-corrected chi connectivity index (χ2v) is 7.79. The molecule has 8 heteroatoms. The van der Waals surface area contributed by atoms with Gasteiger partial charge in [-0.15, -0.1) is 11.6 Å². The smallest absolute Gasteiger partial charge is 0.272 e. The number of rotatable bonds is 7. The van der Waals surface area contributed by atoms with Gasteiger partial charge in [-0.05, 0) is 36.8 Å². The second kappa shape index (κ2) is 11.6. The van der Waals surface area contributed by atoms with Gasteiger partial charge in [0.15, 0.2) is 0 Å². The summed E-state index contributed by atoms with van der Waals surface area (Å²) in [6, 6.07) is 8.50. The van der Waals surface area contributed by atoms with E-state index < -0.39 is 18.9 Å². The number of hydrogen-bond acceptors (Lipinski definition) is 4. The average Bonchev–Trinajstić information content (AvgIpc) is 2.65. The average molecular weight is 422 g/mol. The number of nitrogens with two attached hydrogens (primary N) is 2. The number of hydrogen-bond donors (Lipinski definition) is 2. The lowest BCUT2D eigenvalue weighted by atomic mass is 9.98. The lowest BCUT2D eigenvalue weighted by molar-refractivity contribution is 0.0818. The molecule has 0 aliphatic heterocycles. The minimum Gasteiger partial charge on any atom is -0.651 e. The molecule has 166 valence electrons. The van der Waals surface area contributed by atoms with E-state index in [1.807, 2.05) is 40.7 Å². The lowest BCUT2D eigenvalue weighted by Gasteiger charge is -2.43. The SMILES string of the molecule is CC([N-]C(C)(C)C)c1ccc(OCC(F)F)cc1CN.Cc1cc(C(N)=O)ccn1. The summed E-state index contributed by atoms with van der Waals surface area (Å²) in [6.07, 6.45) is -0.916. The number of nitrogens with zero attached hydrogens (tertiary/aromatic N) is 2. The third kappa shape index (κ3) is 9.28. The number of primary amides is 1. The minimum atomic E-state index is -2.48. The predicted molar refractivity (Wildman–Crippen MR) is 115 cm³/mol. The fraction of sp³-hybridized carbons (Fsp3) is 0.455. The maximum atomic E-state index is 12.1. The van der Waals surface area contributed by atoms with Crippen LogP contribution in [0, 0.1) is 6.92 Å². The number of alkyl halides is 2. The van der Waals surface area contributed by atoms with Crippen molar-refractivity contribution < 1.29 is 18.3 Å². The molecule has 30 heavy (non-hydrogen) atoms. The summed E-state index contributed by atoms with van der Waals surface area (Å²) < 4.78 is 29.3. The van der Waals surface area contributed by atoms with E-state index in [4.69, 9.17) is 16.2 Å². The Hall–Kier alpha value is -2.58. The number of benzene rings is 1. The highest BCUT2D eigenvalue weighted by Gasteiger charge is 2.10. The molecule has 0 saturated heterocycles. The van der Waals surface area contributed by atoms with E-state index in [2.05, 4.69) is 10.3 Å². The van der Waals surface area contributed by atoms with Crippen LogP contribution in [0.3, 0.4) is 0 Å². The van der Waals surface area contributed by atoms with Crippen LogP contribution in [0.1, 0.15) is 60.9 Å². The Morgan fingerprint density at radius 1 is 1.23 bits per heavy atom. The van der Waals surface area contributed by atoms with E-state index in [0.29, 0.717) is 17.9 Å². The Bertz CT molecular complexity index is 823. The summed E-state index contributed by atoms with van der Waals surface area (Å²) in [6.45, 7) is 9.63. The fourth-order valence-corrected chi connectivity index (χ4v) is 2.76. The van der Waals surface area contributed by atoms with Gasteiger partial charge in [-0.25, -0.2) is 8.78 Å². The van der Waals surface area contributed by atoms with Gasteiger partial charge in [0.2, 0.25) is 5.91 Å². The summed E-state index contributed by atoms with van der Waals surface area (Å²) in [5.41, 5.74) is 13.8. The number of ether oxygens (including phenoxy) is 1. The van der Waals surface area contributed by atoms with Crippen molar-refractivity contribution in [1.29, 1.82) is 0 Å². The van der Waals surface area contributed by atoms with Crippen LogP contribution in [0.25, 0.3) is 5.32 Å². The van der Waals surface area contributed by atoms with Crippen molar-refractivity contribution in [3.05, 3.63) is 64.2 Å². The zero-order valence-corrected chi connectivity index (χ0v) is 18.2. The second-order valence-electron chi connectivity index (χ2n) is 7.79. The van der Waals surface area contributed by atoms with Crippen molar-refractivity contribution in [2.45, 2.75) is 59.2 Å². The Balaban J connectivity index is 0.000000375.